The smallest absolute Gasteiger partial charge is 0.435 e. The molecule has 2 unspecified atom stereocenters. The van der Waals surface area contributed by atoms with Crippen LogP contribution in [-0.2, 0) is 18.6 Å². The van der Waals surface area contributed by atoms with Gasteiger partial charge in [-0.05, 0) is 49.1 Å². The van der Waals surface area contributed by atoms with Gasteiger partial charge in [-0.1, -0.05) is 24.3 Å². The zero-order valence-electron chi connectivity index (χ0n) is 18.5. The van der Waals surface area contributed by atoms with Gasteiger partial charge >= 0.3 is 24.0 Å². The number of likely N-dealkylation sites (tertiary alicyclic amines) is 1. The second-order valence-electron chi connectivity index (χ2n) is 8.87. The van der Waals surface area contributed by atoms with Gasteiger partial charge < -0.3 is 9.84 Å². The van der Waals surface area contributed by atoms with Crippen LogP contribution in [0.1, 0.15) is 51.4 Å². The number of ether oxygens (including phenoxy) is 1. The van der Waals surface area contributed by atoms with E-state index in [2.05, 4.69) is 4.90 Å². The number of fused-ring (bicyclic) bond motifs is 3. The maximum atomic E-state index is 14.5. The summed E-state index contributed by atoms with van der Waals surface area (Å²) >= 11 is 0. The molecule has 1 heterocycles. The van der Waals surface area contributed by atoms with Crippen molar-refractivity contribution in [1.29, 1.82) is 0 Å². The molecule has 35 heavy (non-hydrogen) atoms. The quantitative estimate of drug-likeness (QED) is 0.508. The van der Waals surface area contributed by atoms with E-state index in [0.717, 1.165) is 5.56 Å². The van der Waals surface area contributed by atoms with Crippen molar-refractivity contribution >= 4 is 5.97 Å². The molecule has 0 spiro atoms. The first-order chi connectivity index (χ1) is 16.3. The van der Waals surface area contributed by atoms with E-state index in [4.69, 9.17) is 4.74 Å². The fraction of sp³-hybridized carbons (Fsp3) is 0.458. The number of halogens is 7. The van der Waals surface area contributed by atoms with Crippen LogP contribution in [-0.4, -0.2) is 48.0 Å². The average Bonchev–Trinajstić information content (AvgIpc) is 3.19. The number of hydrogen-bond donors (Lipinski definition) is 1. The number of carboxylic acids is 1. The maximum Gasteiger partial charge on any atom is 0.435 e. The number of aryl methyl sites for hydroxylation is 1. The third kappa shape index (κ3) is 4.23. The van der Waals surface area contributed by atoms with Crippen LogP contribution in [0.2, 0.25) is 0 Å². The Bertz CT molecular complexity index is 1120. The van der Waals surface area contributed by atoms with Crippen molar-refractivity contribution in [3.63, 3.8) is 0 Å². The Morgan fingerprint density at radius 2 is 1.71 bits per heavy atom. The van der Waals surface area contributed by atoms with Gasteiger partial charge in [0.2, 0.25) is 0 Å². The van der Waals surface area contributed by atoms with Crippen molar-refractivity contribution in [2.24, 2.45) is 0 Å². The highest BCUT2D eigenvalue weighted by atomic mass is 19.4. The van der Waals surface area contributed by atoms with Crippen LogP contribution in [0.3, 0.4) is 0 Å². The number of rotatable bonds is 5. The summed E-state index contributed by atoms with van der Waals surface area (Å²) in [6, 6.07) is 7.04. The molecule has 2 aromatic rings. The average molecular weight is 505 g/mol. The van der Waals surface area contributed by atoms with E-state index in [-0.39, 0.29) is 23.9 Å². The summed E-state index contributed by atoms with van der Waals surface area (Å²) in [5.74, 6) is -0.802. The minimum atomic E-state index is -6.14. The van der Waals surface area contributed by atoms with E-state index in [0.29, 0.717) is 54.9 Å². The molecule has 1 aliphatic carbocycles. The molecule has 0 radical (unpaired) electrons. The van der Waals surface area contributed by atoms with Crippen molar-refractivity contribution in [2.75, 3.05) is 13.7 Å². The minimum Gasteiger partial charge on any atom is -0.496 e. The van der Waals surface area contributed by atoms with Gasteiger partial charge in [-0.3, -0.25) is 4.90 Å². The third-order valence-electron chi connectivity index (χ3n) is 7.00. The van der Waals surface area contributed by atoms with Crippen molar-refractivity contribution in [1.82, 2.24) is 4.90 Å². The Balaban J connectivity index is 1.60. The Morgan fingerprint density at radius 3 is 2.31 bits per heavy atom. The van der Waals surface area contributed by atoms with Crippen LogP contribution in [0.5, 0.6) is 5.75 Å². The lowest BCUT2D eigenvalue weighted by atomic mass is 9.77. The topological polar surface area (TPSA) is 49.8 Å². The van der Waals surface area contributed by atoms with Gasteiger partial charge in [0, 0.05) is 29.6 Å². The Kier molecular flexibility index (Phi) is 6.27. The lowest BCUT2D eigenvalue weighted by molar-refractivity contribution is -0.348. The lowest BCUT2D eigenvalue weighted by Crippen LogP contribution is -2.50. The molecule has 11 heteroatoms. The van der Waals surface area contributed by atoms with Crippen LogP contribution < -0.4 is 4.74 Å². The van der Waals surface area contributed by atoms with Crippen molar-refractivity contribution in [2.45, 2.75) is 55.8 Å². The van der Waals surface area contributed by atoms with Gasteiger partial charge in [0.1, 0.15) is 5.75 Å². The second kappa shape index (κ2) is 8.69. The van der Waals surface area contributed by atoms with Gasteiger partial charge in [-0.25, -0.2) is 9.18 Å². The molecule has 4 rings (SSSR count). The molecule has 1 N–H and O–H groups in total. The first kappa shape index (κ1) is 25.3. The first-order valence-electron chi connectivity index (χ1n) is 10.9. The number of aromatic carboxylic acids is 1. The number of nitrogens with zero attached hydrogens (tertiary/aromatic N) is 1. The van der Waals surface area contributed by atoms with Crippen molar-refractivity contribution < 1.29 is 45.4 Å². The molecule has 0 amide bonds. The molecule has 4 nitrogen and oxygen atoms in total. The molecule has 1 aliphatic heterocycles. The lowest BCUT2D eigenvalue weighted by Gasteiger charge is -2.35. The number of carbonyl (C=O) groups is 1. The summed E-state index contributed by atoms with van der Waals surface area (Å²) in [7, 11) is 1.43. The van der Waals surface area contributed by atoms with Gasteiger partial charge in [-0.2, -0.15) is 26.3 Å². The third-order valence-corrected chi connectivity index (χ3v) is 7.00. The second-order valence-corrected chi connectivity index (χ2v) is 8.87. The van der Waals surface area contributed by atoms with Crippen molar-refractivity contribution in [3.05, 3.63) is 64.2 Å². The molecular weight excluding hydrogens is 483 g/mol. The van der Waals surface area contributed by atoms with Gasteiger partial charge in [0.05, 0.1) is 12.7 Å². The number of carboxylic acid groups (broad SMARTS) is 1. The summed E-state index contributed by atoms with van der Waals surface area (Å²) in [5.41, 5.74) is -5.12. The highest BCUT2D eigenvalue weighted by Gasteiger charge is 2.73. The molecule has 1 fully saturated rings. The molecular formula is C24H22F7NO3. The summed E-state index contributed by atoms with van der Waals surface area (Å²) < 4.78 is 98.9. The van der Waals surface area contributed by atoms with Crippen LogP contribution in [0.4, 0.5) is 30.7 Å². The van der Waals surface area contributed by atoms with Crippen LogP contribution in [0.15, 0.2) is 36.4 Å². The maximum absolute atomic E-state index is 14.5. The summed E-state index contributed by atoms with van der Waals surface area (Å²) in [5, 5.41) is 9.17. The van der Waals surface area contributed by atoms with Crippen LogP contribution in [0.25, 0.3) is 0 Å². The van der Waals surface area contributed by atoms with Gasteiger partial charge in [0.25, 0.3) is 0 Å². The SMILES string of the molecule is COc1cc(C(=O)O)ccc1CN1CCC2c3ccc(C(F)(C(F)(F)F)C(F)(F)F)cc3CCC21. The van der Waals surface area contributed by atoms with E-state index >= 15 is 0 Å². The van der Waals surface area contributed by atoms with E-state index in [1.54, 1.807) is 6.07 Å². The monoisotopic (exact) mass is 505 g/mol. The Labute approximate surface area is 196 Å². The van der Waals surface area contributed by atoms with E-state index in [1.165, 1.54) is 25.3 Å². The summed E-state index contributed by atoms with van der Waals surface area (Å²) in [4.78, 5) is 13.4. The van der Waals surface area contributed by atoms with E-state index in [1.807, 2.05) is 0 Å². The van der Waals surface area contributed by atoms with Crippen LogP contribution in [0, 0.1) is 0 Å². The number of methoxy groups -OCH3 is 1. The zero-order chi connectivity index (χ0) is 25.8. The molecule has 2 atom stereocenters. The van der Waals surface area contributed by atoms with E-state index < -0.39 is 29.6 Å². The summed E-state index contributed by atoms with van der Waals surface area (Å²) in [6.45, 7) is 1.06. The normalized spacial score (nSPS) is 20.9. The molecule has 190 valence electrons. The molecule has 0 bridgehead atoms. The van der Waals surface area contributed by atoms with Crippen LogP contribution >= 0.6 is 0 Å². The molecule has 0 aromatic heterocycles. The minimum absolute atomic E-state index is 0.0161. The molecule has 2 aliphatic rings. The highest BCUT2D eigenvalue weighted by Crippen LogP contribution is 2.54. The van der Waals surface area contributed by atoms with E-state index in [9.17, 15) is 40.6 Å². The summed E-state index contributed by atoms with van der Waals surface area (Å²) in [6.07, 6.45) is -11.0. The number of benzene rings is 2. The van der Waals surface area contributed by atoms with Gasteiger partial charge in [-0.15, -0.1) is 0 Å². The van der Waals surface area contributed by atoms with Gasteiger partial charge in [0.15, 0.2) is 0 Å². The Hall–Kier alpha value is -2.82. The number of alkyl halides is 7. The number of hydrogen-bond acceptors (Lipinski definition) is 3. The predicted molar refractivity (Wildman–Crippen MR) is 111 cm³/mol. The standard InChI is InChI=1S/C24H22F7NO3/c1-35-20-11-14(21(33)34)2-3-15(20)12-32-9-8-18-17-6-5-16(10-13(17)4-7-19(18)32)22(25,23(26,27)28)24(29,30)31/h2-3,5-6,10-11,18-19H,4,7-9,12H2,1H3,(H,33,34). The van der Waals surface area contributed by atoms with Crippen molar-refractivity contribution in [3.8, 4) is 5.75 Å². The highest BCUT2D eigenvalue weighted by molar-refractivity contribution is 5.88. The zero-order valence-corrected chi connectivity index (χ0v) is 18.5. The molecule has 2 aromatic carbocycles. The Morgan fingerprint density at radius 1 is 1.03 bits per heavy atom. The largest absolute Gasteiger partial charge is 0.496 e. The first-order valence-corrected chi connectivity index (χ1v) is 10.9. The molecule has 1 saturated heterocycles. The fourth-order valence-electron chi connectivity index (χ4n) is 5.28. The molecule has 0 saturated carbocycles. The fourth-order valence-corrected chi connectivity index (χ4v) is 5.28. The predicted octanol–water partition coefficient (Wildman–Crippen LogP) is 5.99.